The average Bonchev–Trinajstić information content (AvgIpc) is 1.97. The zero-order chi connectivity index (χ0) is 8.69. The van der Waals surface area contributed by atoms with Crippen molar-refractivity contribution in [1.29, 1.82) is 0 Å². The van der Waals surface area contributed by atoms with Crippen LogP contribution in [0.1, 0.15) is 13.3 Å². The van der Waals surface area contributed by atoms with Crippen molar-refractivity contribution in [2.24, 2.45) is 0 Å². The van der Waals surface area contributed by atoms with Crippen molar-refractivity contribution in [3.8, 4) is 0 Å². The minimum Gasteiger partial charge on any atom is -0.480 e. The Morgan fingerprint density at radius 2 is 2.45 bits per heavy atom. The largest absolute Gasteiger partial charge is 0.480 e. The van der Waals surface area contributed by atoms with Crippen molar-refractivity contribution in [1.82, 2.24) is 4.84 Å². The Labute approximate surface area is 75.6 Å². The first-order valence-electron chi connectivity index (χ1n) is 3.39. The van der Waals surface area contributed by atoms with Crippen LogP contribution in [0.4, 0.5) is 0 Å². The van der Waals surface area contributed by atoms with E-state index in [1.54, 1.807) is 11.8 Å². The van der Waals surface area contributed by atoms with E-state index in [4.69, 9.17) is 16.9 Å². The second-order valence-electron chi connectivity index (χ2n) is 1.99. The lowest BCUT2D eigenvalue weighted by atomic mass is 10.2. The molecule has 0 saturated heterocycles. The van der Waals surface area contributed by atoms with Crippen molar-refractivity contribution in [2.75, 3.05) is 11.5 Å². The quantitative estimate of drug-likeness (QED) is 0.498. The molecule has 0 unspecified atom stereocenters. The summed E-state index contributed by atoms with van der Waals surface area (Å²) in [6, 6.07) is -0.615. The maximum atomic E-state index is 10.4. The number of nitrogens with one attached hydrogen (secondary N) is 1. The van der Waals surface area contributed by atoms with E-state index in [9.17, 15) is 4.79 Å². The second-order valence-corrected chi connectivity index (χ2v) is 3.60. The molecule has 0 aromatic rings. The molecule has 0 fully saturated rings. The van der Waals surface area contributed by atoms with Crippen molar-refractivity contribution in [3.63, 3.8) is 0 Å². The number of thioether (sulfide) groups is 1. The smallest absolute Gasteiger partial charge is 0.321 e. The van der Waals surface area contributed by atoms with E-state index in [0.29, 0.717) is 6.42 Å². The van der Waals surface area contributed by atoms with E-state index in [1.165, 1.54) is 0 Å². The maximum absolute atomic E-state index is 10.4. The Balaban J connectivity index is 3.44. The molecule has 0 bridgehead atoms. The fourth-order valence-electron chi connectivity index (χ4n) is 0.570. The van der Waals surface area contributed by atoms with Crippen LogP contribution in [0.5, 0.6) is 0 Å². The third-order valence-electron chi connectivity index (χ3n) is 1.18. The lowest BCUT2D eigenvalue weighted by Crippen LogP contribution is -2.30. The summed E-state index contributed by atoms with van der Waals surface area (Å²) in [6.07, 6.45) is 0.567. The van der Waals surface area contributed by atoms with Crippen LogP contribution < -0.4 is 4.84 Å². The molecule has 5 heteroatoms. The molecular weight excluding hydrogens is 186 g/mol. The van der Waals surface area contributed by atoms with Crippen LogP contribution in [0.15, 0.2) is 0 Å². The summed E-state index contributed by atoms with van der Waals surface area (Å²) in [7, 11) is 0. The van der Waals surface area contributed by atoms with Crippen LogP contribution in [0.3, 0.4) is 0 Å². The number of rotatable bonds is 6. The van der Waals surface area contributed by atoms with Gasteiger partial charge in [0.05, 0.1) is 0 Å². The standard InChI is InChI=1S/C6H12ClNO2S/c1-2-11-4-3-5(8-7)6(9)10/h5,8H,2-4H2,1H3,(H,9,10)/t5-/m0/s1. The number of carboxylic acids is 1. The van der Waals surface area contributed by atoms with Gasteiger partial charge in [0.1, 0.15) is 6.04 Å². The SMILES string of the molecule is CCSCC[C@H](NCl)C(=O)O. The molecule has 0 saturated carbocycles. The van der Waals surface area contributed by atoms with Gasteiger partial charge in [-0.2, -0.15) is 11.8 Å². The monoisotopic (exact) mass is 197 g/mol. The molecular formula is C6H12ClNO2S. The first-order valence-corrected chi connectivity index (χ1v) is 4.92. The van der Waals surface area contributed by atoms with Gasteiger partial charge >= 0.3 is 5.97 Å². The molecule has 1 atom stereocenters. The minimum atomic E-state index is -0.892. The van der Waals surface area contributed by atoms with Gasteiger partial charge in [-0.1, -0.05) is 6.92 Å². The van der Waals surface area contributed by atoms with Crippen LogP contribution in [0.2, 0.25) is 0 Å². The summed E-state index contributed by atoms with van der Waals surface area (Å²) < 4.78 is 0. The molecule has 0 aromatic heterocycles. The Morgan fingerprint density at radius 3 is 2.82 bits per heavy atom. The van der Waals surface area contributed by atoms with E-state index in [2.05, 4.69) is 4.84 Å². The summed E-state index contributed by atoms with van der Waals surface area (Å²) in [5.74, 6) is 0.943. The van der Waals surface area contributed by atoms with Crippen LogP contribution >= 0.6 is 23.5 Å². The molecule has 0 aliphatic rings. The lowest BCUT2D eigenvalue weighted by Gasteiger charge is -2.07. The zero-order valence-electron chi connectivity index (χ0n) is 6.34. The number of aliphatic carboxylic acids is 1. The van der Waals surface area contributed by atoms with Gasteiger partial charge in [0, 0.05) is 0 Å². The highest BCUT2D eigenvalue weighted by molar-refractivity contribution is 7.99. The summed E-state index contributed by atoms with van der Waals surface area (Å²) in [4.78, 5) is 12.6. The molecule has 0 radical (unpaired) electrons. The summed E-state index contributed by atoms with van der Waals surface area (Å²) >= 11 is 6.91. The summed E-state index contributed by atoms with van der Waals surface area (Å²) in [5.41, 5.74) is 0. The van der Waals surface area contributed by atoms with Crippen molar-refractivity contribution in [3.05, 3.63) is 0 Å². The fourth-order valence-corrected chi connectivity index (χ4v) is 1.46. The summed E-state index contributed by atoms with van der Waals surface area (Å²) in [5, 5.41) is 8.52. The number of hydrogen-bond donors (Lipinski definition) is 2. The third kappa shape index (κ3) is 5.35. The average molecular weight is 198 g/mol. The van der Waals surface area contributed by atoms with Crippen LogP contribution in [0.25, 0.3) is 0 Å². The Bertz CT molecular complexity index is 123. The number of carbonyl (C=O) groups is 1. The number of hydrogen-bond acceptors (Lipinski definition) is 3. The molecule has 0 aromatic carbocycles. The lowest BCUT2D eigenvalue weighted by molar-refractivity contribution is -0.138. The van der Waals surface area contributed by atoms with Crippen LogP contribution in [0, 0.1) is 0 Å². The predicted molar refractivity (Wildman–Crippen MR) is 48.0 cm³/mol. The van der Waals surface area contributed by atoms with E-state index in [-0.39, 0.29) is 0 Å². The van der Waals surface area contributed by atoms with Crippen molar-refractivity contribution >= 4 is 29.5 Å². The van der Waals surface area contributed by atoms with Gasteiger partial charge in [-0.3, -0.25) is 4.79 Å². The fraction of sp³-hybridized carbons (Fsp3) is 0.833. The molecule has 0 aliphatic heterocycles. The highest BCUT2D eigenvalue weighted by atomic mass is 35.5. The van der Waals surface area contributed by atoms with Gasteiger partial charge in [0.15, 0.2) is 0 Å². The predicted octanol–water partition coefficient (Wildman–Crippen LogP) is 1.33. The minimum absolute atomic E-state index is 0.567. The van der Waals surface area contributed by atoms with Crippen molar-refractivity contribution < 1.29 is 9.90 Å². The molecule has 0 aliphatic carbocycles. The number of carboxylic acid groups (broad SMARTS) is 1. The molecule has 0 spiro atoms. The van der Waals surface area contributed by atoms with Crippen molar-refractivity contribution in [2.45, 2.75) is 19.4 Å². The molecule has 11 heavy (non-hydrogen) atoms. The third-order valence-corrected chi connectivity index (χ3v) is 2.38. The Hall–Kier alpha value is 0.0700. The normalized spacial score (nSPS) is 12.9. The van der Waals surface area contributed by atoms with Crippen LogP contribution in [-0.4, -0.2) is 28.6 Å². The molecule has 3 nitrogen and oxygen atoms in total. The van der Waals surface area contributed by atoms with Gasteiger partial charge in [-0.15, -0.1) is 0 Å². The van der Waals surface area contributed by atoms with Gasteiger partial charge in [0.2, 0.25) is 0 Å². The first-order chi connectivity index (χ1) is 5.22. The van der Waals surface area contributed by atoms with E-state index in [0.717, 1.165) is 11.5 Å². The molecule has 0 heterocycles. The number of halogens is 1. The molecule has 0 rings (SSSR count). The molecule has 2 N–H and O–H groups in total. The van der Waals surface area contributed by atoms with E-state index < -0.39 is 12.0 Å². The van der Waals surface area contributed by atoms with E-state index in [1.807, 2.05) is 6.92 Å². The highest BCUT2D eigenvalue weighted by Crippen LogP contribution is 2.04. The van der Waals surface area contributed by atoms with Gasteiger partial charge in [0.25, 0.3) is 0 Å². The zero-order valence-corrected chi connectivity index (χ0v) is 7.91. The van der Waals surface area contributed by atoms with Gasteiger partial charge in [-0.05, 0) is 29.7 Å². The van der Waals surface area contributed by atoms with E-state index >= 15 is 0 Å². The maximum Gasteiger partial charge on any atom is 0.321 e. The highest BCUT2D eigenvalue weighted by Gasteiger charge is 2.14. The first kappa shape index (κ1) is 11.1. The van der Waals surface area contributed by atoms with Gasteiger partial charge in [-0.25, -0.2) is 4.84 Å². The Kier molecular flexibility index (Phi) is 6.80. The Morgan fingerprint density at radius 1 is 1.82 bits per heavy atom. The second kappa shape index (κ2) is 6.76. The van der Waals surface area contributed by atoms with Crippen LogP contribution in [-0.2, 0) is 4.79 Å². The molecule has 0 amide bonds. The topological polar surface area (TPSA) is 49.3 Å². The summed E-state index contributed by atoms with van der Waals surface area (Å²) in [6.45, 7) is 2.04. The molecule has 66 valence electrons. The van der Waals surface area contributed by atoms with Gasteiger partial charge < -0.3 is 5.11 Å².